The lowest BCUT2D eigenvalue weighted by molar-refractivity contribution is -0.131. The van der Waals surface area contributed by atoms with Gasteiger partial charge in [-0.15, -0.1) is 9.05 Å². The molecule has 1 amide bonds. The largest absolute Gasteiger partial charge is 0.697 e. The number of aliphatic hydroxyl groups excluding tert-OH is 1. The van der Waals surface area contributed by atoms with Crippen molar-refractivity contribution in [2.24, 2.45) is 0 Å². The lowest BCUT2D eigenvalue weighted by Gasteiger charge is -1.91. The third-order valence-electron chi connectivity index (χ3n) is 0.925. The first kappa shape index (κ1) is 12.4. The number of hydroxylamine groups is 1. The quantitative estimate of drug-likeness (QED) is 0.229. The summed E-state index contributed by atoms with van der Waals surface area (Å²) in [5.74, 6) is -0.811. The van der Waals surface area contributed by atoms with E-state index in [0.29, 0.717) is 6.42 Å². The molecule has 1 atom stereocenters. The van der Waals surface area contributed by atoms with Crippen molar-refractivity contribution in [2.45, 2.75) is 6.42 Å². The highest BCUT2D eigenvalue weighted by atomic mass is 31.1. The van der Waals surface area contributed by atoms with Crippen molar-refractivity contribution in [3.63, 3.8) is 0 Å². The van der Waals surface area contributed by atoms with E-state index in [2.05, 4.69) is 9.05 Å². The number of aliphatic hydroxyl groups is 1. The molecule has 0 saturated carbocycles. The van der Waals surface area contributed by atoms with Crippen LogP contribution in [0.3, 0.4) is 0 Å². The molecular formula is C5H11NO6P+. The molecular weight excluding hydrogens is 201 g/mol. The van der Waals surface area contributed by atoms with Gasteiger partial charge in [0.1, 0.15) is 6.61 Å². The molecule has 0 rings (SSSR count). The van der Waals surface area contributed by atoms with Crippen LogP contribution in [0.5, 0.6) is 0 Å². The second-order valence-electron chi connectivity index (χ2n) is 1.94. The summed E-state index contributed by atoms with van der Waals surface area (Å²) in [6, 6.07) is 0. The lowest BCUT2D eigenvalue weighted by Crippen LogP contribution is -2.22. The Labute approximate surface area is 75.6 Å². The Morgan fingerprint density at radius 3 is 2.69 bits per heavy atom. The maximum absolute atomic E-state index is 10.7. The van der Waals surface area contributed by atoms with Crippen LogP contribution in [0.15, 0.2) is 0 Å². The molecule has 0 saturated heterocycles. The average Bonchev–Trinajstić information content (AvgIpc) is 2.14. The van der Waals surface area contributed by atoms with E-state index in [4.69, 9.17) is 10.3 Å². The molecule has 0 aromatic rings. The lowest BCUT2D eigenvalue weighted by atomic mass is 10.5. The highest BCUT2D eigenvalue weighted by molar-refractivity contribution is 7.33. The zero-order valence-electron chi connectivity index (χ0n) is 6.80. The maximum Gasteiger partial charge on any atom is 0.697 e. The van der Waals surface area contributed by atoms with Gasteiger partial charge in [-0.25, -0.2) is 5.48 Å². The second-order valence-corrected chi connectivity index (χ2v) is 2.91. The minimum absolute atomic E-state index is 0.0691. The summed E-state index contributed by atoms with van der Waals surface area (Å²) >= 11 is 0. The molecule has 0 aromatic carbocycles. The van der Waals surface area contributed by atoms with Crippen LogP contribution >= 0.6 is 8.25 Å². The van der Waals surface area contributed by atoms with Gasteiger partial charge >= 0.3 is 8.25 Å². The van der Waals surface area contributed by atoms with E-state index in [1.165, 1.54) is 5.48 Å². The van der Waals surface area contributed by atoms with E-state index in [1.807, 2.05) is 0 Å². The summed E-state index contributed by atoms with van der Waals surface area (Å²) in [5, 5.41) is 16.3. The van der Waals surface area contributed by atoms with Gasteiger partial charge in [-0.2, -0.15) is 0 Å². The summed E-state index contributed by atoms with van der Waals surface area (Å²) in [6.07, 6.45) is 0.344. The molecule has 0 aromatic heterocycles. The fraction of sp³-hybridized carbons (Fsp3) is 0.800. The van der Waals surface area contributed by atoms with Crippen LogP contribution < -0.4 is 5.48 Å². The van der Waals surface area contributed by atoms with Crippen molar-refractivity contribution in [2.75, 3.05) is 19.8 Å². The topological polar surface area (TPSA) is 105 Å². The Hall–Kier alpha value is -0.590. The number of amides is 1. The van der Waals surface area contributed by atoms with Crippen molar-refractivity contribution < 1.29 is 28.7 Å². The molecule has 7 nitrogen and oxygen atoms in total. The number of carbonyl (C=O) groups excluding carboxylic acids is 1. The zero-order valence-corrected chi connectivity index (χ0v) is 7.70. The molecule has 8 heteroatoms. The van der Waals surface area contributed by atoms with E-state index in [9.17, 15) is 9.36 Å². The van der Waals surface area contributed by atoms with Crippen molar-refractivity contribution in [1.82, 2.24) is 5.48 Å². The van der Waals surface area contributed by atoms with E-state index in [0.717, 1.165) is 0 Å². The fourth-order valence-corrected chi connectivity index (χ4v) is 0.960. The molecule has 0 spiro atoms. The van der Waals surface area contributed by atoms with Crippen LogP contribution in [0.4, 0.5) is 0 Å². The first-order valence-corrected chi connectivity index (χ1v) is 4.57. The first-order valence-electron chi connectivity index (χ1n) is 3.47. The molecule has 0 fully saturated rings. The van der Waals surface area contributed by atoms with Gasteiger partial charge in [-0.3, -0.25) is 10.0 Å². The van der Waals surface area contributed by atoms with Gasteiger partial charge < -0.3 is 5.11 Å². The Balaban J connectivity index is 3.35. The highest BCUT2D eigenvalue weighted by Gasteiger charge is 2.21. The maximum atomic E-state index is 10.7. The third kappa shape index (κ3) is 7.76. The molecule has 1 unspecified atom stereocenters. The summed E-state index contributed by atoms with van der Waals surface area (Å²) in [5.41, 5.74) is 1.30. The second kappa shape index (κ2) is 8.03. The van der Waals surface area contributed by atoms with Crippen LogP contribution in [0.25, 0.3) is 0 Å². The third-order valence-corrected chi connectivity index (χ3v) is 1.66. The smallest absolute Gasteiger partial charge is 0.396 e. The Morgan fingerprint density at radius 2 is 2.15 bits per heavy atom. The van der Waals surface area contributed by atoms with Crippen molar-refractivity contribution >= 4 is 14.2 Å². The van der Waals surface area contributed by atoms with E-state index in [1.54, 1.807) is 0 Å². The molecule has 3 N–H and O–H groups in total. The van der Waals surface area contributed by atoms with Gasteiger partial charge in [0.25, 0.3) is 5.91 Å². The molecule has 13 heavy (non-hydrogen) atoms. The normalized spacial score (nSPS) is 11.1. The summed E-state index contributed by atoms with van der Waals surface area (Å²) in [4.78, 5) is 10.3. The minimum atomic E-state index is -2.36. The minimum Gasteiger partial charge on any atom is -0.396 e. The van der Waals surface area contributed by atoms with Gasteiger partial charge in [-0.05, 0) is 6.42 Å². The van der Waals surface area contributed by atoms with Crippen molar-refractivity contribution in [3.05, 3.63) is 0 Å². The van der Waals surface area contributed by atoms with Crippen LogP contribution in [0, 0.1) is 0 Å². The van der Waals surface area contributed by atoms with Crippen LogP contribution in [0.2, 0.25) is 0 Å². The standard InChI is InChI=1S/C5H10NO6P/c7-2-1-3-11-13(10)12-4-5(8)6-9/h7H,1-4H2,(H-,6,8,9)/p+1. The predicted octanol–water partition coefficient (Wildman–Crippen LogP) is -0.435. The Morgan fingerprint density at radius 1 is 1.46 bits per heavy atom. The highest BCUT2D eigenvalue weighted by Crippen LogP contribution is 2.22. The molecule has 0 aliphatic carbocycles. The Bertz CT molecular complexity index is 174. The summed E-state index contributed by atoms with van der Waals surface area (Å²) in [7, 11) is -2.36. The molecule has 0 aliphatic rings. The molecule has 0 bridgehead atoms. The number of carbonyl (C=O) groups is 1. The average molecular weight is 212 g/mol. The molecule has 0 radical (unpaired) electrons. The van der Waals surface area contributed by atoms with Crippen LogP contribution in [0.1, 0.15) is 6.42 Å². The van der Waals surface area contributed by atoms with Gasteiger partial charge in [0.15, 0.2) is 6.61 Å². The van der Waals surface area contributed by atoms with E-state index in [-0.39, 0.29) is 13.2 Å². The van der Waals surface area contributed by atoms with Crippen LogP contribution in [-0.4, -0.2) is 36.0 Å². The predicted molar refractivity (Wildman–Crippen MR) is 41.1 cm³/mol. The molecule has 0 heterocycles. The Kier molecular flexibility index (Phi) is 7.66. The SMILES string of the molecule is O=C(CO[P+](=O)OCCCO)NO. The monoisotopic (exact) mass is 212 g/mol. The number of nitrogens with one attached hydrogen (secondary N) is 1. The van der Waals surface area contributed by atoms with Crippen molar-refractivity contribution in [1.29, 1.82) is 0 Å². The number of hydrogen-bond acceptors (Lipinski definition) is 6. The molecule has 0 aliphatic heterocycles. The van der Waals surface area contributed by atoms with Gasteiger partial charge in [0.2, 0.25) is 0 Å². The first-order chi connectivity index (χ1) is 6.20. The van der Waals surface area contributed by atoms with Gasteiger partial charge in [0, 0.05) is 11.2 Å². The zero-order chi connectivity index (χ0) is 10.1. The van der Waals surface area contributed by atoms with E-state index < -0.39 is 20.8 Å². The van der Waals surface area contributed by atoms with Crippen LogP contribution in [-0.2, 0) is 18.4 Å². The van der Waals surface area contributed by atoms with Gasteiger partial charge in [0.05, 0.1) is 0 Å². The summed E-state index contributed by atoms with van der Waals surface area (Å²) < 4.78 is 19.6. The number of hydrogen-bond donors (Lipinski definition) is 3. The van der Waals surface area contributed by atoms with Gasteiger partial charge in [-0.1, -0.05) is 0 Å². The van der Waals surface area contributed by atoms with Crippen molar-refractivity contribution in [3.8, 4) is 0 Å². The fourth-order valence-electron chi connectivity index (χ4n) is 0.385. The summed E-state index contributed by atoms with van der Waals surface area (Å²) in [6.45, 7) is -0.516. The molecule has 76 valence electrons. The number of rotatable bonds is 7. The van der Waals surface area contributed by atoms with E-state index >= 15 is 0 Å².